The fraction of sp³-hybridized carbons (Fsp3) is 0.538. The Labute approximate surface area is 111 Å². The van der Waals surface area contributed by atoms with Crippen LogP contribution in [0.1, 0.15) is 18.1 Å². The molecule has 0 aliphatic carbocycles. The Morgan fingerprint density at radius 1 is 1.50 bits per heavy atom. The molecule has 3 nitrogen and oxygen atoms in total. The van der Waals surface area contributed by atoms with Crippen molar-refractivity contribution in [2.45, 2.75) is 24.7 Å². The average Bonchev–Trinajstić information content (AvgIpc) is 2.69. The van der Waals surface area contributed by atoms with Crippen LogP contribution in [0.2, 0.25) is 5.02 Å². The Kier molecular flexibility index (Phi) is 4.56. The molecule has 1 aromatic carbocycles. The third-order valence-corrected chi connectivity index (χ3v) is 3.56. The first-order valence-corrected chi connectivity index (χ1v) is 6.40. The molecule has 1 fully saturated rings. The first-order valence-electron chi connectivity index (χ1n) is 6.02. The van der Waals surface area contributed by atoms with Gasteiger partial charge < -0.3 is 10.2 Å². The van der Waals surface area contributed by atoms with Crippen molar-refractivity contribution in [3.63, 3.8) is 0 Å². The average molecular weight is 274 g/mol. The lowest BCUT2D eigenvalue weighted by molar-refractivity contribution is 0.0839. The maximum atomic E-state index is 13.3. The number of likely N-dealkylation sites (tertiary alicyclic amines) is 1. The van der Waals surface area contributed by atoms with Crippen LogP contribution in [0.25, 0.3) is 0 Å². The molecule has 1 heterocycles. The Morgan fingerprint density at radius 2 is 2.28 bits per heavy atom. The molecule has 3 atom stereocenters. The molecule has 18 heavy (non-hydrogen) atoms. The molecule has 100 valence electrons. The maximum absolute atomic E-state index is 13.3. The van der Waals surface area contributed by atoms with Crippen molar-refractivity contribution in [2.24, 2.45) is 0 Å². The summed E-state index contributed by atoms with van der Waals surface area (Å²) in [7, 11) is 0. The summed E-state index contributed by atoms with van der Waals surface area (Å²) in [6.07, 6.45) is -1.31. The van der Waals surface area contributed by atoms with E-state index in [9.17, 15) is 14.6 Å². The molecule has 0 saturated carbocycles. The highest BCUT2D eigenvalue weighted by Gasteiger charge is 2.32. The molecule has 1 aromatic rings. The zero-order valence-electron chi connectivity index (χ0n) is 9.97. The predicted octanol–water partition coefficient (Wildman–Crippen LogP) is 1.78. The number of rotatable bonds is 4. The van der Waals surface area contributed by atoms with Crippen LogP contribution < -0.4 is 0 Å². The summed E-state index contributed by atoms with van der Waals surface area (Å²) in [6, 6.07) is 6.79. The number of halogens is 2. The molecule has 0 spiro atoms. The van der Waals surface area contributed by atoms with Gasteiger partial charge in [-0.05, 0) is 24.1 Å². The van der Waals surface area contributed by atoms with Crippen molar-refractivity contribution < 1.29 is 14.6 Å². The lowest BCUT2D eigenvalue weighted by Crippen LogP contribution is -2.35. The molecule has 0 bridgehead atoms. The molecule has 1 saturated heterocycles. The summed E-state index contributed by atoms with van der Waals surface area (Å²) in [6.45, 7) is 0.498. The lowest BCUT2D eigenvalue weighted by Gasteiger charge is -2.25. The van der Waals surface area contributed by atoms with Crippen molar-refractivity contribution in [3.8, 4) is 0 Å². The Balaban J connectivity index is 2.00. The second-order valence-corrected chi connectivity index (χ2v) is 5.13. The highest BCUT2D eigenvalue weighted by Crippen LogP contribution is 2.24. The molecule has 2 N–H and O–H groups in total. The summed E-state index contributed by atoms with van der Waals surface area (Å²) in [5.74, 6) is 0. The normalized spacial score (nSPS) is 26.4. The van der Waals surface area contributed by atoms with Crippen molar-refractivity contribution in [2.75, 3.05) is 19.7 Å². The van der Waals surface area contributed by atoms with Gasteiger partial charge in [0.2, 0.25) is 0 Å². The largest absolute Gasteiger partial charge is 0.395 e. The van der Waals surface area contributed by atoms with Gasteiger partial charge in [-0.2, -0.15) is 0 Å². The number of hydrogen-bond donors (Lipinski definition) is 2. The zero-order chi connectivity index (χ0) is 13.1. The molecule has 3 unspecified atom stereocenters. The maximum Gasteiger partial charge on any atom is 0.114 e. The van der Waals surface area contributed by atoms with Crippen molar-refractivity contribution in [1.82, 2.24) is 4.90 Å². The fourth-order valence-corrected chi connectivity index (χ4v) is 2.58. The van der Waals surface area contributed by atoms with Gasteiger partial charge in [-0.3, -0.25) is 4.90 Å². The molecule has 5 heteroatoms. The van der Waals surface area contributed by atoms with Crippen LogP contribution in [0.15, 0.2) is 24.3 Å². The summed E-state index contributed by atoms with van der Waals surface area (Å²) >= 11 is 5.86. The second kappa shape index (κ2) is 5.97. The van der Waals surface area contributed by atoms with Crippen molar-refractivity contribution in [1.29, 1.82) is 0 Å². The van der Waals surface area contributed by atoms with Crippen LogP contribution in [0.5, 0.6) is 0 Å². The van der Waals surface area contributed by atoms with Crippen LogP contribution in [-0.2, 0) is 0 Å². The minimum Gasteiger partial charge on any atom is -0.395 e. The topological polar surface area (TPSA) is 43.7 Å². The van der Waals surface area contributed by atoms with Crippen LogP contribution in [0, 0.1) is 0 Å². The number of β-amino-alcohol motifs (C(OH)–C–C–N with tert-alkyl or cyclic N) is 1. The highest BCUT2D eigenvalue weighted by molar-refractivity contribution is 6.30. The quantitative estimate of drug-likeness (QED) is 0.879. The number of hydrogen-bond acceptors (Lipinski definition) is 3. The Hall–Kier alpha value is -0.680. The van der Waals surface area contributed by atoms with E-state index >= 15 is 0 Å². The molecule has 0 radical (unpaired) electrons. The van der Waals surface area contributed by atoms with Gasteiger partial charge in [-0.25, -0.2) is 4.39 Å². The molecule has 0 amide bonds. The highest BCUT2D eigenvalue weighted by atomic mass is 35.5. The van der Waals surface area contributed by atoms with E-state index < -0.39 is 12.3 Å². The first-order chi connectivity index (χ1) is 8.60. The van der Waals surface area contributed by atoms with E-state index in [1.54, 1.807) is 29.2 Å². The predicted molar refractivity (Wildman–Crippen MR) is 68.4 cm³/mol. The minimum absolute atomic E-state index is 0.0807. The monoisotopic (exact) mass is 273 g/mol. The summed E-state index contributed by atoms with van der Waals surface area (Å²) in [5.41, 5.74) is 0.710. The third-order valence-electron chi connectivity index (χ3n) is 3.33. The molecule has 2 rings (SSSR count). The zero-order valence-corrected chi connectivity index (χ0v) is 10.7. The van der Waals surface area contributed by atoms with E-state index in [0.29, 0.717) is 23.6 Å². The van der Waals surface area contributed by atoms with E-state index in [-0.39, 0.29) is 19.2 Å². The van der Waals surface area contributed by atoms with E-state index in [1.165, 1.54) is 0 Å². The van der Waals surface area contributed by atoms with E-state index in [0.717, 1.165) is 0 Å². The van der Waals surface area contributed by atoms with Crippen LogP contribution in [0.4, 0.5) is 4.39 Å². The van der Waals surface area contributed by atoms with Gasteiger partial charge >= 0.3 is 0 Å². The Morgan fingerprint density at radius 3 is 2.94 bits per heavy atom. The summed E-state index contributed by atoms with van der Waals surface area (Å²) in [4.78, 5) is 1.79. The molecule has 1 aliphatic heterocycles. The first kappa shape index (κ1) is 13.7. The standard InChI is InChI=1S/C13H17ClFNO2/c14-10-3-1-2-9(4-10)13(18)7-16-6-11(15)5-12(16)8-17/h1-4,11-13,17-18H,5-8H2. The van der Waals surface area contributed by atoms with Gasteiger partial charge in [0, 0.05) is 24.2 Å². The molecular weight excluding hydrogens is 257 g/mol. The minimum atomic E-state index is -0.922. The van der Waals surface area contributed by atoms with Crippen LogP contribution >= 0.6 is 11.6 Å². The number of aliphatic hydroxyl groups is 2. The second-order valence-electron chi connectivity index (χ2n) is 4.69. The number of aliphatic hydroxyl groups excluding tert-OH is 2. The van der Waals surface area contributed by atoms with Gasteiger partial charge in [0.1, 0.15) is 6.17 Å². The molecule has 1 aliphatic rings. The van der Waals surface area contributed by atoms with Gasteiger partial charge in [0.05, 0.1) is 12.7 Å². The van der Waals surface area contributed by atoms with Gasteiger partial charge in [0.15, 0.2) is 0 Å². The van der Waals surface area contributed by atoms with Gasteiger partial charge in [0.25, 0.3) is 0 Å². The Bertz CT molecular complexity index is 404. The van der Waals surface area contributed by atoms with E-state index in [2.05, 4.69) is 0 Å². The van der Waals surface area contributed by atoms with E-state index in [4.69, 9.17) is 11.6 Å². The summed E-state index contributed by atoms with van der Waals surface area (Å²) in [5, 5.41) is 19.8. The van der Waals surface area contributed by atoms with E-state index in [1.807, 2.05) is 0 Å². The van der Waals surface area contributed by atoms with Crippen molar-refractivity contribution in [3.05, 3.63) is 34.9 Å². The smallest absolute Gasteiger partial charge is 0.114 e. The molecule has 0 aromatic heterocycles. The van der Waals surface area contributed by atoms with Crippen molar-refractivity contribution >= 4 is 11.6 Å². The van der Waals surface area contributed by atoms with Crippen LogP contribution in [-0.4, -0.2) is 47.0 Å². The lowest BCUT2D eigenvalue weighted by atomic mass is 10.1. The molecular formula is C13H17ClFNO2. The summed E-state index contributed by atoms with van der Waals surface area (Å²) < 4.78 is 13.3. The fourth-order valence-electron chi connectivity index (χ4n) is 2.38. The SMILES string of the molecule is OCC1CC(F)CN1CC(O)c1cccc(Cl)c1. The number of alkyl halides is 1. The van der Waals surface area contributed by atoms with Gasteiger partial charge in [-0.1, -0.05) is 23.7 Å². The van der Waals surface area contributed by atoms with Gasteiger partial charge in [-0.15, -0.1) is 0 Å². The number of benzene rings is 1. The number of nitrogens with zero attached hydrogens (tertiary/aromatic N) is 1. The van der Waals surface area contributed by atoms with Crippen LogP contribution in [0.3, 0.4) is 0 Å². The third kappa shape index (κ3) is 3.20.